The summed E-state index contributed by atoms with van der Waals surface area (Å²) in [7, 11) is 0. The fourth-order valence-corrected chi connectivity index (χ4v) is 4.98. The lowest BCUT2D eigenvalue weighted by Crippen LogP contribution is -2.17. The van der Waals surface area contributed by atoms with Gasteiger partial charge in [0.25, 0.3) is 0 Å². The summed E-state index contributed by atoms with van der Waals surface area (Å²) in [5.41, 5.74) is 6.82. The number of Topliss-reactive ketones (excluding diaryl/α,β-unsaturated/α-hetero) is 3. The molecule has 0 fully saturated rings. The predicted octanol–water partition coefficient (Wildman–Crippen LogP) is 9.66. The van der Waals surface area contributed by atoms with Gasteiger partial charge in [-0.25, -0.2) is 0 Å². The number of ether oxygens (including phenoxy) is 3. The van der Waals surface area contributed by atoms with Crippen molar-refractivity contribution in [3.8, 4) is 0 Å². The molecule has 0 N–H and O–H groups in total. The Labute approximate surface area is 269 Å². The summed E-state index contributed by atoms with van der Waals surface area (Å²) in [6, 6.07) is 0. The van der Waals surface area contributed by atoms with Gasteiger partial charge in [0.05, 0.1) is 19.8 Å². The van der Waals surface area contributed by atoms with Crippen LogP contribution >= 0.6 is 0 Å². The minimum absolute atomic E-state index is 0. The van der Waals surface area contributed by atoms with Crippen LogP contribution in [0.15, 0.2) is 56.3 Å². The Morgan fingerprint density at radius 3 is 1.48 bits per heavy atom. The van der Waals surface area contributed by atoms with E-state index in [1.165, 1.54) is 0 Å². The molecule has 250 valence electrons. The summed E-state index contributed by atoms with van der Waals surface area (Å²) >= 11 is 0. The normalized spacial score (nSPS) is 18.8. The molecule has 0 amide bonds. The minimum Gasteiger partial charge on any atom is -0.497 e. The van der Waals surface area contributed by atoms with Crippen molar-refractivity contribution in [1.82, 2.24) is 0 Å². The zero-order chi connectivity index (χ0) is 34.1. The van der Waals surface area contributed by atoms with Crippen LogP contribution in [0.2, 0.25) is 0 Å². The summed E-state index contributed by atoms with van der Waals surface area (Å²) in [6.45, 7) is 32.3. The molecule has 6 heteroatoms. The standard InChI is InChI=1S/2C13H20O2.C12H20O2.H2/c1-8(2)7-15-13-10(4)9(3)6-12(14)11(13)5;1-8(2)7-15-13-10(4)6-9(3)11(5)12(13)14;1-8(2)7-14-11-9(3)10(13)6-12(11,4)5;/h2*8H,6-7H2,1-5H3;8H,6-7H2,1-5H3;1H. The van der Waals surface area contributed by atoms with E-state index in [4.69, 9.17) is 14.2 Å². The lowest BCUT2D eigenvalue weighted by molar-refractivity contribution is -0.116. The van der Waals surface area contributed by atoms with Crippen molar-refractivity contribution in [2.45, 2.75) is 123 Å². The lowest BCUT2D eigenvalue weighted by Gasteiger charge is -2.23. The number of rotatable bonds is 9. The molecule has 0 saturated carbocycles. The van der Waals surface area contributed by atoms with Crippen molar-refractivity contribution in [3.05, 3.63) is 56.3 Å². The Morgan fingerprint density at radius 1 is 0.568 bits per heavy atom. The van der Waals surface area contributed by atoms with Gasteiger partial charge in [0.15, 0.2) is 17.3 Å². The number of carbonyl (C=O) groups excluding carboxylic acids is 3. The smallest absolute Gasteiger partial charge is 0.223 e. The molecular weight excluding hydrogens is 552 g/mol. The number of hydrogen-bond donors (Lipinski definition) is 0. The van der Waals surface area contributed by atoms with Crippen molar-refractivity contribution in [3.63, 3.8) is 0 Å². The second kappa shape index (κ2) is 17.0. The molecule has 0 radical (unpaired) electrons. The zero-order valence-electron chi connectivity index (χ0n) is 30.4. The van der Waals surface area contributed by atoms with Crippen molar-refractivity contribution in [1.29, 1.82) is 0 Å². The Kier molecular flexibility index (Phi) is 15.1. The molecule has 0 spiro atoms. The van der Waals surface area contributed by atoms with Crippen molar-refractivity contribution in [2.75, 3.05) is 19.8 Å². The topological polar surface area (TPSA) is 78.9 Å². The average Bonchev–Trinajstić information content (AvgIpc) is 3.10. The molecule has 0 aliphatic heterocycles. The van der Waals surface area contributed by atoms with Crippen LogP contribution in [0.25, 0.3) is 0 Å². The maximum absolute atomic E-state index is 11.9. The Balaban J connectivity index is 0.000000639. The molecule has 0 atom stereocenters. The SMILES string of the molecule is CC1=C(C)C(=O)C(OCC(C)C)=C(C)C1.CC1=C(C)C(OCC(C)C)=C(C)C(=O)C1.CC1=C(OCC(C)C)C(C)(C)CC1=O.[HH]. The van der Waals surface area contributed by atoms with Gasteiger partial charge in [0.2, 0.25) is 5.78 Å². The molecule has 3 aliphatic carbocycles. The Morgan fingerprint density at radius 2 is 1.02 bits per heavy atom. The maximum Gasteiger partial charge on any atom is 0.223 e. The summed E-state index contributed by atoms with van der Waals surface area (Å²) in [5.74, 6) is 4.20. The molecule has 6 nitrogen and oxygen atoms in total. The van der Waals surface area contributed by atoms with E-state index in [0.29, 0.717) is 56.2 Å². The largest absolute Gasteiger partial charge is 0.497 e. The van der Waals surface area contributed by atoms with Gasteiger partial charge in [-0.05, 0) is 89.4 Å². The fourth-order valence-electron chi connectivity index (χ4n) is 4.98. The highest BCUT2D eigenvalue weighted by molar-refractivity contribution is 6.08. The van der Waals surface area contributed by atoms with Gasteiger partial charge >= 0.3 is 0 Å². The van der Waals surface area contributed by atoms with Crippen molar-refractivity contribution in [2.24, 2.45) is 23.2 Å². The molecule has 0 heterocycles. The van der Waals surface area contributed by atoms with Gasteiger partial charge in [-0.2, -0.15) is 0 Å². The quantitative estimate of drug-likeness (QED) is 0.257. The molecule has 3 aliphatic rings. The monoisotopic (exact) mass is 614 g/mol. The van der Waals surface area contributed by atoms with Gasteiger partial charge in [0.1, 0.15) is 11.5 Å². The van der Waals surface area contributed by atoms with Crippen LogP contribution in [0.3, 0.4) is 0 Å². The first-order valence-corrected chi connectivity index (χ1v) is 16.2. The third kappa shape index (κ3) is 11.2. The van der Waals surface area contributed by atoms with Gasteiger partial charge < -0.3 is 14.2 Å². The van der Waals surface area contributed by atoms with Crippen LogP contribution in [-0.2, 0) is 28.6 Å². The number of carbonyl (C=O) groups is 3. The maximum atomic E-state index is 11.9. The van der Waals surface area contributed by atoms with Crippen LogP contribution in [0.4, 0.5) is 0 Å². The van der Waals surface area contributed by atoms with Crippen LogP contribution in [0.1, 0.15) is 125 Å². The van der Waals surface area contributed by atoms with Crippen LogP contribution in [0, 0.1) is 23.2 Å². The second-order valence-electron chi connectivity index (χ2n) is 14.5. The van der Waals surface area contributed by atoms with E-state index >= 15 is 0 Å². The summed E-state index contributed by atoms with van der Waals surface area (Å²) in [5, 5.41) is 0. The Hall–Kier alpha value is -2.89. The highest BCUT2D eigenvalue weighted by Gasteiger charge is 2.38. The lowest BCUT2D eigenvalue weighted by atomic mass is 9.91. The third-order valence-electron chi connectivity index (χ3n) is 7.93. The van der Waals surface area contributed by atoms with E-state index in [1.807, 2.05) is 48.5 Å². The molecule has 0 bridgehead atoms. The molecule has 44 heavy (non-hydrogen) atoms. The van der Waals surface area contributed by atoms with E-state index in [-0.39, 0.29) is 24.2 Å². The Bertz CT molecular complexity index is 1250. The summed E-state index contributed by atoms with van der Waals surface area (Å²) in [6.07, 6.45) is 2.00. The van der Waals surface area contributed by atoms with Gasteiger partial charge in [0, 0.05) is 30.8 Å². The summed E-state index contributed by atoms with van der Waals surface area (Å²) in [4.78, 5) is 35.1. The third-order valence-corrected chi connectivity index (χ3v) is 7.93. The molecule has 0 aromatic heterocycles. The second-order valence-corrected chi connectivity index (χ2v) is 14.5. The van der Waals surface area contributed by atoms with Crippen LogP contribution in [0.5, 0.6) is 0 Å². The summed E-state index contributed by atoms with van der Waals surface area (Å²) < 4.78 is 17.0. The fraction of sp³-hybridized carbons (Fsp3) is 0.658. The average molecular weight is 615 g/mol. The van der Waals surface area contributed by atoms with E-state index in [1.54, 1.807) is 0 Å². The number of hydrogen-bond acceptors (Lipinski definition) is 6. The van der Waals surface area contributed by atoms with Crippen LogP contribution < -0.4 is 0 Å². The molecule has 3 rings (SSSR count). The molecule has 0 aromatic carbocycles. The van der Waals surface area contributed by atoms with Gasteiger partial charge in [-0.15, -0.1) is 0 Å². The molecule has 0 aromatic rings. The minimum atomic E-state index is -0.101. The predicted molar refractivity (Wildman–Crippen MR) is 182 cm³/mol. The number of allylic oxidation sites excluding steroid dienone is 8. The van der Waals surface area contributed by atoms with Crippen LogP contribution in [-0.4, -0.2) is 37.2 Å². The van der Waals surface area contributed by atoms with Crippen molar-refractivity contribution >= 4 is 17.3 Å². The molecule has 0 saturated heterocycles. The first kappa shape index (κ1) is 39.1. The highest BCUT2D eigenvalue weighted by Crippen LogP contribution is 2.40. The first-order valence-electron chi connectivity index (χ1n) is 16.2. The first-order chi connectivity index (χ1) is 20.2. The number of ketones is 3. The van der Waals surface area contributed by atoms with E-state index in [9.17, 15) is 14.4 Å². The van der Waals surface area contributed by atoms with E-state index in [2.05, 4.69) is 55.4 Å². The van der Waals surface area contributed by atoms with Gasteiger partial charge in [-0.3, -0.25) is 14.4 Å². The van der Waals surface area contributed by atoms with E-state index < -0.39 is 0 Å². The van der Waals surface area contributed by atoms with Gasteiger partial charge in [-0.1, -0.05) is 66.5 Å². The molecular formula is C38H62O6. The van der Waals surface area contributed by atoms with Crippen molar-refractivity contribution < 1.29 is 30.0 Å². The zero-order valence-corrected chi connectivity index (χ0v) is 30.4. The molecule has 0 unspecified atom stereocenters. The van der Waals surface area contributed by atoms with E-state index in [0.717, 1.165) is 57.0 Å². The highest BCUT2D eigenvalue weighted by atomic mass is 16.5.